The molecule has 0 spiro atoms. The molecule has 0 aromatic heterocycles. The summed E-state index contributed by atoms with van der Waals surface area (Å²) in [5.74, 6) is 0.0312. The molecule has 0 heterocycles. The highest BCUT2D eigenvalue weighted by Gasteiger charge is 2.19. The second-order valence-electron chi connectivity index (χ2n) is 3.80. The lowest BCUT2D eigenvalue weighted by molar-refractivity contribution is 0.126. The van der Waals surface area contributed by atoms with Crippen LogP contribution in [0.25, 0.3) is 0 Å². The van der Waals surface area contributed by atoms with Crippen LogP contribution in [-0.2, 0) is 0 Å². The van der Waals surface area contributed by atoms with Gasteiger partial charge in [-0.2, -0.15) is 0 Å². The average molecular weight is 259 g/mol. The predicted molar refractivity (Wildman–Crippen MR) is 70.0 cm³/mol. The van der Waals surface area contributed by atoms with Crippen molar-refractivity contribution in [2.24, 2.45) is 5.92 Å². The molecule has 0 fully saturated rings. The van der Waals surface area contributed by atoms with E-state index in [0.717, 1.165) is 12.8 Å². The quantitative estimate of drug-likeness (QED) is 0.764. The van der Waals surface area contributed by atoms with Gasteiger partial charge in [-0.3, -0.25) is 0 Å². The summed E-state index contributed by atoms with van der Waals surface area (Å²) in [5, 5.41) is 11.3. The van der Waals surface area contributed by atoms with Crippen LogP contribution in [0.1, 0.15) is 31.4 Å². The Morgan fingerprint density at radius 3 is 2.62 bits per heavy atom. The molecule has 0 radical (unpaired) electrons. The van der Waals surface area contributed by atoms with Gasteiger partial charge in [-0.15, -0.1) is 6.58 Å². The van der Waals surface area contributed by atoms with E-state index in [2.05, 4.69) is 13.5 Å². The van der Waals surface area contributed by atoms with Gasteiger partial charge in [0.25, 0.3) is 0 Å². The standard InChI is InChI=1S/C13H16Cl2O/c1-3-5-9(4-2)13(16)11-7-6-10(14)8-12(11)15/h4,6-9,13,16H,2-3,5H2,1H3. The molecule has 0 aliphatic rings. The fraction of sp³-hybridized carbons (Fsp3) is 0.385. The molecule has 2 unspecified atom stereocenters. The molecular formula is C13H16Cl2O. The van der Waals surface area contributed by atoms with Gasteiger partial charge in [0.1, 0.15) is 0 Å². The number of rotatable bonds is 5. The molecular weight excluding hydrogens is 243 g/mol. The van der Waals surface area contributed by atoms with Crippen LogP contribution < -0.4 is 0 Å². The molecule has 0 bridgehead atoms. The van der Waals surface area contributed by atoms with E-state index in [-0.39, 0.29) is 5.92 Å². The van der Waals surface area contributed by atoms with Crippen LogP contribution in [0.3, 0.4) is 0 Å². The first-order chi connectivity index (χ1) is 7.60. The first-order valence-corrected chi connectivity index (χ1v) is 6.11. The van der Waals surface area contributed by atoms with Gasteiger partial charge in [0, 0.05) is 16.0 Å². The number of hydrogen-bond acceptors (Lipinski definition) is 1. The highest BCUT2D eigenvalue weighted by molar-refractivity contribution is 6.35. The third-order valence-corrected chi connectivity index (χ3v) is 3.17. The molecule has 1 N–H and O–H groups in total. The van der Waals surface area contributed by atoms with Crippen LogP contribution in [0, 0.1) is 5.92 Å². The fourth-order valence-electron chi connectivity index (χ4n) is 1.71. The van der Waals surface area contributed by atoms with E-state index in [4.69, 9.17) is 23.2 Å². The second kappa shape index (κ2) is 6.29. The number of hydrogen-bond donors (Lipinski definition) is 1. The Hall–Kier alpha value is -0.500. The Balaban J connectivity index is 2.93. The largest absolute Gasteiger partial charge is 0.388 e. The van der Waals surface area contributed by atoms with Crippen LogP contribution in [0.2, 0.25) is 10.0 Å². The maximum atomic E-state index is 10.2. The van der Waals surface area contributed by atoms with E-state index >= 15 is 0 Å². The summed E-state index contributed by atoms with van der Waals surface area (Å²) in [4.78, 5) is 0. The summed E-state index contributed by atoms with van der Waals surface area (Å²) in [5.41, 5.74) is 0.712. The second-order valence-corrected chi connectivity index (χ2v) is 4.64. The topological polar surface area (TPSA) is 20.2 Å². The number of halogens is 2. The van der Waals surface area contributed by atoms with Crippen molar-refractivity contribution in [1.82, 2.24) is 0 Å². The molecule has 1 rings (SSSR count). The first kappa shape index (κ1) is 13.6. The Kier molecular flexibility index (Phi) is 5.33. The highest BCUT2D eigenvalue weighted by atomic mass is 35.5. The Morgan fingerprint density at radius 1 is 1.44 bits per heavy atom. The Labute approximate surface area is 107 Å². The van der Waals surface area contributed by atoms with Gasteiger partial charge in [-0.1, -0.05) is 48.7 Å². The van der Waals surface area contributed by atoms with Crippen molar-refractivity contribution in [2.75, 3.05) is 0 Å². The molecule has 88 valence electrons. The van der Waals surface area contributed by atoms with E-state index in [1.54, 1.807) is 24.3 Å². The smallest absolute Gasteiger partial charge is 0.0866 e. The maximum absolute atomic E-state index is 10.2. The lowest BCUT2D eigenvalue weighted by atomic mass is 9.92. The van der Waals surface area contributed by atoms with Crippen molar-refractivity contribution in [1.29, 1.82) is 0 Å². The molecule has 0 saturated heterocycles. The molecule has 16 heavy (non-hydrogen) atoms. The summed E-state index contributed by atoms with van der Waals surface area (Å²) in [6.45, 7) is 5.82. The van der Waals surface area contributed by atoms with Gasteiger partial charge in [0.2, 0.25) is 0 Å². The third kappa shape index (κ3) is 3.24. The zero-order chi connectivity index (χ0) is 12.1. The zero-order valence-corrected chi connectivity index (χ0v) is 10.8. The summed E-state index contributed by atoms with van der Waals surface area (Å²) >= 11 is 11.9. The summed E-state index contributed by atoms with van der Waals surface area (Å²) in [6, 6.07) is 5.15. The van der Waals surface area contributed by atoms with E-state index in [0.29, 0.717) is 15.6 Å². The van der Waals surface area contributed by atoms with Crippen molar-refractivity contribution >= 4 is 23.2 Å². The fourth-order valence-corrected chi connectivity index (χ4v) is 2.23. The summed E-state index contributed by atoms with van der Waals surface area (Å²) < 4.78 is 0. The van der Waals surface area contributed by atoms with Crippen molar-refractivity contribution < 1.29 is 5.11 Å². The molecule has 0 aliphatic carbocycles. The van der Waals surface area contributed by atoms with Crippen LogP contribution >= 0.6 is 23.2 Å². The molecule has 0 saturated carbocycles. The summed E-state index contributed by atoms with van der Waals surface area (Å²) in [6.07, 6.45) is 3.06. The molecule has 1 aromatic rings. The van der Waals surface area contributed by atoms with Gasteiger partial charge < -0.3 is 5.11 Å². The SMILES string of the molecule is C=CC(CCC)C(O)c1ccc(Cl)cc1Cl. The number of benzene rings is 1. The van der Waals surface area contributed by atoms with Crippen molar-refractivity contribution in [3.05, 3.63) is 46.5 Å². The van der Waals surface area contributed by atoms with Gasteiger partial charge in [-0.05, 0) is 24.1 Å². The van der Waals surface area contributed by atoms with Gasteiger partial charge in [-0.25, -0.2) is 0 Å². The van der Waals surface area contributed by atoms with E-state index in [1.807, 2.05) is 0 Å². The first-order valence-electron chi connectivity index (χ1n) is 5.35. The highest BCUT2D eigenvalue weighted by Crippen LogP contribution is 2.32. The lowest BCUT2D eigenvalue weighted by Gasteiger charge is -2.20. The van der Waals surface area contributed by atoms with Gasteiger partial charge >= 0.3 is 0 Å². The van der Waals surface area contributed by atoms with Crippen LogP contribution in [0.15, 0.2) is 30.9 Å². The predicted octanol–water partition coefficient (Wildman–Crippen LogP) is 4.63. The van der Waals surface area contributed by atoms with Gasteiger partial charge in [0.15, 0.2) is 0 Å². The summed E-state index contributed by atoms with van der Waals surface area (Å²) in [7, 11) is 0. The number of aliphatic hydroxyl groups is 1. The van der Waals surface area contributed by atoms with Crippen molar-refractivity contribution in [2.45, 2.75) is 25.9 Å². The minimum atomic E-state index is -0.609. The molecule has 0 amide bonds. The monoisotopic (exact) mass is 258 g/mol. The molecule has 2 atom stereocenters. The zero-order valence-electron chi connectivity index (χ0n) is 9.29. The van der Waals surface area contributed by atoms with Crippen molar-refractivity contribution in [3.63, 3.8) is 0 Å². The normalized spacial score (nSPS) is 14.5. The lowest BCUT2D eigenvalue weighted by Crippen LogP contribution is -2.10. The molecule has 1 aromatic carbocycles. The van der Waals surface area contributed by atoms with Crippen molar-refractivity contribution in [3.8, 4) is 0 Å². The van der Waals surface area contributed by atoms with Crippen LogP contribution in [0.5, 0.6) is 0 Å². The van der Waals surface area contributed by atoms with E-state index < -0.39 is 6.10 Å². The van der Waals surface area contributed by atoms with Crippen LogP contribution in [-0.4, -0.2) is 5.11 Å². The molecule has 0 aliphatic heterocycles. The van der Waals surface area contributed by atoms with E-state index in [1.165, 1.54) is 0 Å². The Bertz CT molecular complexity index is 363. The third-order valence-electron chi connectivity index (χ3n) is 2.61. The van der Waals surface area contributed by atoms with E-state index in [9.17, 15) is 5.11 Å². The minimum absolute atomic E-state index is 0.0312. The van der Waals surface area contributed by atoms with Crippen LogP contribution in [0.4, 0.5) is 0 Å². The average Bonchev–Trinajstić information content (AvgIpc) is 2.25. The molecule has 3 heteroatoms. The minimum Gasteiger partial charge on any atom is -0.388 e. The molecule has 1 nitrogen and oxygen atoms in total. The number of aliphatic hydroxyl groups excluding tert-OH is 1. The maximum Gasteiger partial charge on any atom is 0.0866 e. The van der Waals surface area contributed by atoms with Gasteiger partial charge in [0.05, 0.1) is 6.10 Å². The Morgan fingerprint density at radius 2 is 2.12 bits per heavy atom.